The maximum Gasteiger partial charge on any atom is 0.338 e. The number of rotatable bonds is 7. The average Bonchev–Trinajstić information content (AvgIpc) is 3.22. The minimum atomic E-state index is -0.547. The Kier molecular flexibility index (Phi) is 5.94. The van der Waals surface area contributed by atoms with Crippen LogP contribution in [0.5, 0.6) is 0 Å². The van der Waals surface area contributed by atoms with Crippen LogP contribution in [0.2, 0.25) is 0 Å². The van der Waals surface area contributed by atoms with E-state index in [2.05, 4.69) is 15.4 Å². The number of amides is 1. The van der Waals surface area contributed by atoms with E-state index in [1.807, 2.05) is 31.2 Å². The predicted octanol–water partition coefficient (Wildman–Crippen LogP) is 2.09. The Morgan fingerprint density at radius 2 is 1.89 bits per heavy atom. The number of carbonyl (C=O) groups excluding carboxylic acids is 2. The molecule has 0 fully saturated rings. The van der Waals surface area contributed by atoms with Crippen molar-refractivity contribution in [1.82, 2.24) is 20.1 Å². The van der Waals surface area contributed by atoms with E-state index in [1.54, 1.807) is 35.3 Å². The Morgan fingerprint density at radius 3 is 2.59 bits per heavy atom. The normalized spacial score (nSPS) is 10.4. The first-order valence-electron chi connectivity index (χ1n) is 8.57. The van der Waals surface area contributed by atoms with Gasteiger partial charge < -0.3 is 10.1 Å². The molecule has 3 rings (SSSR count). The van der Waals surface area contributed by atoms with Gasteiger partial charge in [-0.25, -0.2) is 14.5 Å². The first kappa shape index (κ1) is 18.3. The van der Waals surface area contributed by atoms with Crippen molar-refractivity contribution in [3.05, 3.63) is 77.9 Å². The Balaban J connectivity index is 1.43. The fourth-order valence-electron chi connectivity index (χ4n) is 2.58. The molecule has 0 aliphatic carbocycles. The fraction of sp³-hybridized carbons (Fsp3) is 0.200. The van der Waals surface area contributed by atoms with Crippen LogP contribution in [0.15, 0.2) is 61.2 Å². The number of ether oxygens (including phenoxy) is 1. The quantitative estimate of drug-likeness (QED) is 0.649. The molecule has 1 heterocycles. The first-order valence-corrected chi connectivity index (χ1v) is 8.57. The summed E-state index contributed by atoms with van der Waals surface area (Å²) in [4.78, 5) is 27.8. The van der Waals surface area contributed by atoms with Gasteiger partial charge in [0.15, 0.2) is 6.61 Å². The van der Waals surface area contributed by atoms with Gasteiger partial charge in [-0.05, 0) is 48.7 Å². The molecule has 0 radical (unpaired) electrons. The van der Waals surface area contributed by atoms with Crippen LogP contribution in [0.1, 0.15) is 21.5 Å². The van der Waals surface area contributed by atoms with Crippen LogP contribution in [0.25, 0.3) is 5.69 Å². The van der Waals surface area contributed by atoms with E-state index in [-0.39, 0.29) is 12.5 Å². The van der Waals surface area contributed by atoms with Gasteiger partial charge in [0.2, 0.25) is 0 Å². The second-order valence-electron chi connectivity index (χ2n) is 5.99. The summed E-state index contributed by atoms with van der Waals surface area (Å²) in [5.41, 5.74) is 3.51. The SMILES string of the molecule is Cc1ccccc1CCNC(=O)COC(=O)c1ccc(-n2cncn2)cc1. The zero-order valence-corrected chi connectivity index (χ0v) is 15.0. The van der Waals surface area contributed by atoms with Crippen molar-refractivity contribution in [1.29, 1.82) is 0 Å². The van der Waals surface area contributed by atoms with Crippen molar-refractivity contribution in [2.75, 3.05) is 13.2 Å². The summed E-state index contributed by atoms with van der Waals surface area (Å²) in [6, 6.07) is 14.7. The number of hydrogen-bond acceptors (Lipinski definition) is 5. The number of nitrogens with one attached hydrogen (secondary N) is 1. The van der Waals surface area contributed by atoms with E-state index in [4.69, 9.17) is 4.74 Å². The lowest BCUT2D eigenvalue weighted by Crippen LogP contribution is -2.30. The lowest BCUT2D eigenvalue weighted by molar-refractivity contribution is -0.124. The van der Waals surface area contributed by atoms with Gasteiger partial charge >= 0.3 is 5.97 Å². The Bertz CT molecular complexity index is 905. The molecule has 0 saturated carbocycles. The molecule has 1 aromatic heterocycles. The monoisotopic (exact) mass is 364 g/mol. The number of nitrogens with zero attached hydrogens (tertiary/aromatic N) is 3. The van der Waals surface area contributed by atoms with Gasteiger partial charge in [0.1, 0.15) is 12.7 Å². The Morgan fingerprint density at radius 1 is 1.11 bits per heavy atom. The van der Waals surface area contributed by atoms with Gasteiger partial charge in [0, 0.05) is 6.54 Å². The number of benzene rings is 2. The van der Waals surface area contributed by atoms with Crippen molar-refractivity contribution in [2.24, 2.45) is 0 Å². The summed E-state index contributed by atoms with van der Waals surface area (Å²) in [5.74, 6) is -0.870. The van der Waals surface area contributed by atoms with Gasteiger partial charge in [-0.3, -0.25) is 4.79 Å². The smallest absolute Gasteiger partial charge is 0.338 e. The van der Waals surface area contributed by atoms with Gasteiger partial charge in [0.25, 0.3) is 5.91 Å². The molecule has 7 nitrogen and oxygen atoms in total. The van der Waals surface area contributed by atoms with E-state index in [0.29, 0.717) is 12.1 Å². The zero-order chi connectivity index (χ0) is 19.1. The van der Waals surface area contributed by atoms with Crippen LogP contribution >= 0.6 is 0 Å². The standard InChI is InChI=1S/C20H20N4O3/c1-15-4-2-3-5-16(15)10-11-22-19(25)12-27-20(26)17-6-8-18(9-7-17)24-14-21-13-23-24/h2-9,13-14H,10-12H2,1H3,(H,22,25). The Labute approximate surface area is 157 Å². The molecule has 0 aliphatic heterocycles. The summed E-state index contributed by atoms with van der Waals surface area (Å²) < 4.78 is 6.64. The van der Waals surface area contributed by atoms with Crippen molar-refractivity contribution < 1.29 is 14.3 Å². The summed E-state index contributed by atoms with van der Waals surface area (Å²) >= 11 is 0. The minimum Gasteiger partial charge on any atom is -0.452 e. The molecule has 0 saturated heterocycles. The molecule has 0 bridgehead atoms. The second kappa shape index (κ2) is 8.75. The van der Waals surface area contributed by atoms with Crippen molar-refractivity contribution >= 4 is 11.9 Å². The second-order valence-corrected chi connectivity index (χ2v) is 5.99. The van der Waals surface area contributed by atoms with E-state index >= 15 is 0 Å². The molecule has 138 valence electrons. The van der Waals surface area contributed by atoms with Crippen LogP contribution in [-0.4, -0.2) is 39.8 Å². The van der Waals surface area contributed by atoms with E-state index in [1.165, 1.54) is 17.5 Å². The van der Waals surface area contributed by atoms with Crippen LogP contribution in [-0.2, 0) is 16.0 Å². The molecular formula is C20H20N4O3. The van der Waals surface area contributed by atoms with Gasteiger partial charge in [-0.15, -0.1) is 0 Å². The highest BCUT2D eigenvalue weighted by Crippen LogP contribution is 2.09. The third-order valence-corrected chi connectivity index (χ3v) is 4.10. The lowest BCUT2D eigenvalue weighted by atomic mass is 10.1. The molecule has 1 N–H and O–H groups in total. The molecular weight excluding hydrogens is 344 g/mol. The largest absolute Gasteiger partial charge is 0.452 e. The number of aryl methyl sites for hydroxylation is 1. The molecule has 0 aliphatic rings. The molecule has 27 heavy (non-hydrogen) atoms. The molecule has 0 atom stereocenters. The molecule has 0 unspecified atom stereocenters. The topological polar surface area (TPSA) is 86.1 Å². The number of aromatic nitrogens is 3. The minimum absolute atomic E-state index is 0.308. The fourth-order valence-corrected chi connectivity index (χ4v) is 2.58. The van der Waals surface area contributed by atoms with Crippen LogP contribution < -0.4 is 5.32 Å². The van der Waals surface area contributed by atoms with Gasteiger partial charge in [0.05, 0.1) is 11.3 Å². The summed E-state index contributed by atoms with van der Waals surface area (Å²) in [7, 11) is 0. The number of carbonyl (C=O) groups is 2. The lowest BCUT2D eigenvalue weighted by Gasteiger charge is -2.08. The average molecular weight is 364 g/mol. The van der Waals surface area contributed by atoms with Crippen LogP contribution in [0.4, 0.5) is 0 Å². The Hall–Kier alpha value is -3.48. The first-order chi connectivity index (χ1) is 13.1. The zero-order valence-electron chi connectivity index (χ0n) is 15.0. The van der Waals surface area contributed by atoms with E-state index in [0.717, 1.165) is 12.1 Å². The number of esters is 1. The van der Waals surface area contributed by atoms with Crippen LogP contribution in [0.3, 0.4) is 0 Å². The van der Waals surface area contributed by atoms with E-state index < -0.39 is 5.97 Å². The highest BCUT2D eigenvalue weighted by molar-refractivity contribution is 5.91. The van der Waals surface area contributed by atoms with Crippen LogP contribution in [0, 0.1) is 6.92 Å². The van der Waals surface area contributed by atoms with Crippen molar-refractivity contribution in [3.63, 3.8) is 0 Å². The van der Waals surface area contributed by atoms with Gasteiger partial charge in [-0.1, -0.05) is 24.3 Å². The predicted molar refractivity (Wildman–Crippen MR) is 99.5 cm³/mol. The third-order valence-electron chi connectivity index (χ3n) is 4.10. The third kappa shape index (κ3) is 5.01. The summed E-state index contributed by atoms with van der Waals surface area (Å²) in [6.45, 7) is 2.22. The van der Waals surface area contributed by atoms with E-state index in [9.17, 15) is 9.59 Å². The maximum absolute atomic E-state index is 12.0. The number of hydrogen-bond donors (Lipinski definition) is 1. The summed E-state index contributed by atoms with van der Waals surface area (Å²) in [5, 5.41) is 6.77. The summed E-state index contributed by atoms with van der Waals surface area (Å²) in [6.07, 6.45) is 3.73. The highest BCUT2D eigenvalue weighted by atomic mass is 16.5. The molecule has 2 aromatic carbocycles. The molecule has 0 spiro atoms. The van der Waals surface area contributed by atoms with Crippen molar-refractivity contribution in [3.8, 4) is 5.69 Å². The van der Waals surface area contributed by atoms with Gasteiger partial charge in [-0.2, -0.15) is 5.10 Å². The molecule has 7 heteroatoms. The van der Waals surface area contributed by atoms with Crippen molar-refractivity contribution in [2.45, 2.75) is 13.3 Å². The molecule has 3 aromatic rings. The molecule has 1 amide bonds. The maximum atomic E-state index is 12.0. The highest BCUT2D eigenvalue weighted by Gasteiger charge is 2.10.